The standard InChI is InChI=1S/C17H20N2O3/c1-19-7-6-16-12-5-4-11(21)15(16)22-14-10(20)3-2-9(13(14)16)8-17(12,19)18/h2-5,11-12,15,20-21H,6-8,18H2,1H3. The Balaban J connectivity index is 1.88. The van der Waals surface area contributed by atoms with Crippen molar-refractivity contribution in [2.24, 2.45) is 11.7 Å². The number of aliphatic hydroxyl groups excluding tert-OH is 1. The van der Waals surface area contributed by atoms with E-state index in [2.05, 4.69) is 18.0 Å². The topological polar surface area (TPSA) is 79.0 Å². The summed E-state index contributed by atoms with van der Waals surface area (Å²) in [6, 6.07) is 3.64. The first kappa shape index (κ1) is 12.9. The molecule has 1 fully saturated rings. The van der Waals surface area contributed by atoms with Gasteiger partial charge in [-0.25, -0.2) is 0 Å². The molecule has 5 rings (SSSR count). The van der Waals surface area contributed by atoms with Gasteiger partial charge >= 0.3 is 0 Å². The lowest BCUT2D eigenvalue weighted by atomic mass is 9.51. The van der Waals surface area contributed by atoms with Crippen LogP contribution in [0.3, 0.4) is 0 Å². The van der Waals surface area contributed by atoms with Crippen LogP contribution >= 0.6 is 0 Å². The smallest absolute Gasteiger partial charge is 0.165 e. The zero-order valence-corrected chi connectivity index (χ0v) is 12.5. The second-order valence-corrected chi connectivity index (χ2v) is 7.22. The van der Waals surface area contributed by atoms with E-state index in [0.29, 0.717) is 5.75 Å². The predicted molar refractivity (Wildman–Crippen MR) is 80.7 cm³/mol. The SMILES string of the molecule is CN1CCC23c4c5ccc(O)c4OC2C(O)C=CC3C1(N)C5. The van der Waals surface area contributed by atoms with Gasteiger partial charge in [0.1, 0.15) is 12.2 Å². The number of nitrogens with zero attached hydrogens (tertiary/aromatic N) is 1. The summed E-state index contributed by atoms with van der Waals surface area (Å²) in [6.07, 6.45) is 4.46. The van der Waals surface area contributed by atoms with Gasteiger partial charge in [0, 0.05) is 29.9 Å². The van der Waals surface area contributed by atoms with Crippen molar-refractivity contribution in [1.29, 1.82) is 0 Å². The Labute approximate surface area is 129 Å². The van der Waals surface area contributed by atoms with E-state index < -0.39 is 11.8 Å². The van der Waals surface area contributed by atoms with Crippen LogP contribution in [0.4, 0.5) is 0 Å². The summed E-state index contributed by atoms with van der Waals surface area (Å²) in [4.78, 5) is 2.23. The molecule has 1 spiro atoms. The third-order valence-corrected chi connectivity index (χ3v) is 6.39. The molecule has 5 atom stereocenters. The number of aliphatic hydroxyl groups is 1. The molecule has 1 aromatic carbocycles. The van der Waals surface area contributed by atoms with Crippen molar-refractivity contribution in [3.8, 4) is 11.5 Å². The molecular weight excluding hydrogens is 280 g/mol. The molecule has 5 unspecified atom stereocenters. The molecule has 1 aromatic rings. The molecular formula is C17H20N2O3. The van der Waals surface area contributed by atoms with Crippen LogP contribution in [0.25, 0.3) is 0 Å². The van der Waals surface area contributed by atoms with Gasteiger partial charge in [-0.3, -0.25) is 4.90 Å². The summed E-state index contributed by atoms with van der Waals surface area (Å²) in [5.41, 5.74) is 8.28. The largest absolute Gasteiger partial charge is 0.504 e. The van der Waals surface area contributed by atoms with E-state index in [9.17, 15) is 10.2 Å². The summed E-state index contributed by atoms with van der Waals surface area (Å²) < 4.78 is 6.08. The molecule has 5 nitrogen and oxygen atoms in total. The van der Waals surface area contributed by atoms with Gasteiger partial charge in [0.2, 0.25) is 0 Å². The summed E-state index contributed by atoms with van der Waals surface area (Å²) in [5, 5.41) is 20.7. The van der Waals surface area contributed by atoms with E-state index in [1.807, 2.05) is 12.1 Å². The Morgan fingerprint density at radius 1 is 1.36 bits per heavy atom. The predicted octanol–water partition coefficient (Wildman–Crippen LogP) is 0.484. The van der Waals surface area contributed by atoms with Crippen LogP contribution in [-0.2, 0) is 11.8 Å². The fourth-order valence-corrected chi connectivity index (χ4v) is 5.35. The first-order valence-corrected chi connectivity index (χ1v) is 7.87. The highest BCUT2D eigenvalue weighted by Crippen LogP contribution is 2.63. The highest BCUT2D eigenvalue weighted by atomic mass is 16.5. The monoisotopic (exact) mass is 300 g/mol. The normalized spacial score (nSPS) is 44.6. The number of rotatable bonds is 0. The van der Waals surface area contributed by atoms with E-state index in [4.69, 9.17) is 10.5 Å². The Bertz CT molecular complexity index is 718. The van der Waals surface area contributed by atoms with Gasteiger partial charge in [-0.15, -0.1) is 0 Å². The number of hydrogen-bond donors (Lipinski definition) is 3. The number of phenols is 1. The molecule has 4 N–H and O–H groups in total. The molecule has 2 aliphatic heterocycles. The van der Waals surface area contributed by atoms with Gasteiger partial charge in [0.05, 0.1) is 5.66 Å². The van der Waals surface area contributed by atoms with Crippen LogP contribution in [0.15, 0.2) is 24.3 Å². The molecule has 2 aliphatic carbocycles. The molecule has 2 bridgehead atoms. The summed E-state index contributed by atoms with van der Waals surface area (Å²) in [5.74, 6) is 0.807. The van der Waals surface area contributed by atoms with Crippen molar-refractivity contribution in [2.45, 2.75) is 36.1 Å². The number of ether oxygens (including phenoxy) is 1. The van der Waals surface area contributed by atoms with Crippen molar-refractivity contribution in [3.05, 3.63) is 35.4 Å². The lowest BCUT2D eigenvalue weighted by molar-refractivity contribution is -0.0848. The van der Waals surface area contributed by atoms with Crippen LogP contribution in [0, 0.1) is 5.92 Å². The first-order chi connectivity index (χ1) is 10.5. The van der Waals surface area contributed by atoms with E-state index in [-0.39, 0.29) is 23.2 Å². The minimum absolute atomic E-state index is 0.0858. The third-order valence-electron chi connectivity index (χ3n) is 6.39. The van der Waals surface area contributed by atoms with Gasteiger partial charge in [-0.1, -0.05) is 18.2 Å². The summed E-state index contributed by atoms with van der Waals surface area (Å²) >= 11 is 0. The number of likely N-dealkylation sites (N-methyl/N-ethyl adjacent to an activating group) is 1. The van der Waals surface area contributed by atoms with Gasteiger partial charge in [-0.05, 0) is 25.1 Å². The number of nitrogens with two attached hydrogens (primary N) is 1. The molecule has 0 radical (unpaired) electrons. The molecule has 22 heavy (non-hydrogen) atoms. The zero-order chi connectivity index (χ0) is 15.3. The summed E-state index contributed by atoms with van der Waals surface area (Å²) in [6.45, 7) is 0.863. The molecule has 0 saturated carbocycles. The average molecular weight is 300 g/mol. The van der Waals surface area contributed by atoms with E-state index >= 15 is 0 Å². The fourth-order valence-electron chi connectivity index (χ4n) is 5.35. The molecule has 4 aliphatic rings. The van der Waals surface area contributed by atoms with E-state index in [0.717, 1.165) is 30.5 Å². The van der Waals surface area contributed by atoms with Gasteiger partial charge in [0.15, 0.2) is 11.5 Å². The minimum Gasteiger partial charge on any atom is -0.504 e. The molecule has 5 heteroatoms. The Morgan fingerprint density at radius 2 is 2.18 bits per heavy atom. The fraction of sp³-hybridized carbons (Fsp3) is 0.529. The van der Waals surface area contributed by atoms with Crippen LogP contribution < -0.4 is 10.5 Å². The van der Waals surface area contributed by atoms with Crippen molar-refractivity contribution in [1.82, 2.24) is 4.90 Å². The zero-order valence-electron chi connectivity index (χ0n) is 12.5. The Morgan fingerprint density at radius 3 is 3.00 bits per heavy atom. The molecule has 2 heterocycles. The number of hydrogen-bond acceptors (Lipinski definition) is 5. The number of phenolic OH excluding ortho intramolecular Hbond substituents is 1. The quantitative estimate of drug-likeness (QED) is 0.608. The lowest BCUT2D eigenvalue weighted by Crippen LogP contribution is -2.74. The maximum absolute atomic E-state index is 10.5. The highest BCUT2D eigenvalue weighted by Gasteiger charge is 2.67. The number of likely N-dealkylation sites (tertiary alicyclic amines) is 1. The maximum Gasteiger partial charge on any atom is 0.165 e. The maximum atomic E-state index is 10.5. The van der Waals surface area contributed by atoms with Crippen molar-refractivity contribution in [2.75, 3.05) is 13.6 Å². The number of aromatic hydroxyl groups is 1. The van der Waals surface area contributed by atoms with Gasteiger partial charge in [-0.2, -0.15) is 0 Å². The number of benzene rings is 1. The van der Waals surface area contributed by atoms with Crippen LogP contribution in [-0.4, -0.2) is 46.6 Å². The second-order valence-electron chi connectivity index (χ2n) is 7.22. The Hall–Kier alpha value is -1.56. The molecule has 0 amide bonds. The van der Waals surface area contributed by atoms with Crippen molar-refractivity contribution in [3.63, 3.8) is 0 Å². The summed E-state index contributed by atoms with van der Waals surface area (Å²) in [7, 11) is 2.07. The third kappa shape index (κ3) is 1.16. The second kappa shape index (κ2) is 3.67. The highest BCUT2D eigenvalue weighted by molar-refractivity contribution is 5.62. The minimum atomic E-state index is -0.665. The molecule has 116 valence electrons. The van der Waals surface area contributed by atoms with Crippen molar-refractivity contribution < 1.29 is 14.9 Å². The first-order valence-electron chi connectivity index (χ1n) is 7.87. The van der Waals surface area contributed by atoms with E-state index in [1.165, 1.54) is 0 Å². The Kier molecular flexibility index (Phi) is 2.16. The molecule has 0 aromatic heterocycles. The number of piperidine rings is 1. The van der Waals surface area contributed by atoms with Crippen LogP contribution in [0.5, 0.6) is 11.5 Å². The van der Waals surface area contributed by atoms with Crippen molar-refractivity contribution >= 4 is 0 Å². The molecule has 1 saturated heterocycles. The average Bonchev–Trinajstić information content (AvgIpc) is 2.84. The lowest BCUT2D eigenvalue weighted by Gasteiger charge is -2.61. The van der Waals surface area contributed by atoms with Gasteiger partial charge < -0.3 is 20.7 Å². The van der Waals surface area contributed by atoms with Crippen LogP contribution in [0.2, 0.25) is 0 Å². The van der Waals surface area contributed by atoms with Crippen LogP contribution in [0.1, 0.15) is 17.5 Å². The van der Waals surface area contributed by atoms with Gasteiger partial charge in [0.25, 0.3) is 0 Å². The van der Waals surface area contributed by atoms with E-state index in [1.54, 1.807) is 6.07 Å².